The molecule has 5 nitrogen and oxygen atoms in total. The van der Waals surface area contributed by atoms with Gasteiger partial charge in [-0.05, 0) is 76.9 Å². The first kappa shape index (κ1) is 31.9. The minimum absolute atomic E-state index is 0.579. The molecule has 262 valence electrons. The number of rotatable bonds is 6. The second-order valence-electron chi connectivity index (χ2n) is 14.0. The zero-order valence-corrected chi connectivity index (χ0v) is 30.2. The Morgan fingerprint density at radius 3 is 1.46 bits per heavy atom. The highest BCUT2D eigenvalue weighted by Gasteiger charge is 2.20. The van der Waals surface area contributed by atoms with Crippen LogP contribution in [-0.2, 0) is 0 Å². The fraction of sp³-hybridized carbons (Fsp3) is 0. The Morgan fingerprint density at radius 1 is 0.339 bits per heavy atom. The van der Waals surface area contributed by atoms with Gasteiger partial charge in [-0.1, -0.05) is 140 Å². The fourth-order valence-electron chi connectivity index (χ4n) is 8.01. The lowest BCUT2D eigenvalue weighted by atomic mass is 9.95. The molecule has 0 atom stereocenters. The van der Waals surface area contributed by atoms with E-state index in [4.69, 9.17) is 19.4 Å². The average Bonchev–Trinajstić information content (AvgIpc) is 3.82. The van der Waals surface area contributed by atoms with Crippen molar-refractivity contribution in [2.75, 3.05) is 0 Å². The first-order chi connectivity index (χ1) is 27.7. The van der Waals surface area contributed by atoms with Crippen LogP contribution >= 0.6 is 0 Å². The summed E-state index contributed by atoms with van der Waals surface area (Å²) in [6.45, 7) is 0. The summed E-state index contributed by atoms with van der Waals surface area (Å²) in [6.07, 6.45) is 0. The first-order valence-electron chi connectivity index (χ1n) is 18.8. The molecule has 0 aliphatic rings. The molecule has 11 aromatic rings. The van der Waals surface area contributed by atoms with E-state index in [0.29, 0.717) is 17.5 Å². The highest BCUT2D eigenvalue weighted by atomic mass is 16.3. The van der Waals surface area contributed by atoms with Gasteiger partial charge in [-0.2, -0.15) is 0 Å². The van der Waals surface area contributed by atoms with Crippen molar-refractivity contribution in [3.05, 3.63) is 194 Å². The highest BCUT2D eigenvalue weighted by molar-refractivity contribution is 6.16. The molecule has 0 aliphatic heterocycles. The molecule has 3 heterocycles. The summed E-state index contributed by atoms with van der Waals surface area (Å²) in [5, 5.41) is 4.48. The van der Waals surface area contributed by atoms with Crippen LogP contribution in [0.2, 0.25) is 0 Å². The second-order valence-corrected chi connectivity index (χ2v) is 14.0. The molecule has 0 aliphatic carbocycles. The lowest BCUT2D eigenvalue weighted by Gasteiger charge is -2.11. The van der Waals surface area contributed by atoms with Crippen molar-refractivity contribution in [3.63, 3.8) is 0 Å². The normalized spacial score (nSPS) is 11.6. The quantitative estimate of drug-likeness (QED) is 0.172. The van der Waals surface area contributed by atoms with Crippen molar-refractivity contribution < 1.29 is 4.42 Å². The summed E-state index contributed by atoms with van der Waals surface area (Å²) in [6, 6.07) is 67.5. The Labute approximate surface area is 322 Å². The molecule has 0 bridgehead atoms. The van der Waals surface area contributed by atoms with Crippen LogP contribution in [0.4, 0.5) is 0 Å². The summed E-state index contributed by atoms with van der Waals surface area (Å²) in [7, 11) is 0. The minimum Gasteiger partial charge on any atom is -0.456 e. The smallest absolute Gasteiger partial charge is 0.164 e. The van der Waals surface area contributed by atoms with E-state index < -0.39 is 0 Å². The largest absolute Gasteiger partial charge is 0.456 e. The molecule has 0 amide bonds. The van der Waals surface area contributed by atoms with Gasteiger partial charge in [-0.25, -0.2) is 15.0 Å². The van der Waals surface area contributed by atoms with E-state index in [1.54, 1.807) is 0 Å². The van der Waals surface area contributed by atoms with Crippen molar-refractivity contribution in [2.45, 2.75) is 0 Å². The van der Waals surface area contributed by atoms with Gasteiger partial charge in [0.15, 0.2) is 17.5 Å². The Hall–Kier alpha value is -7.63. The van der Waals surface area contributed by atoms with E-state index in [9.17, 15) is 0 Å². The molecular formula is C51H32N4O. The van der Waals surface area contributed by atoms with E-state index in [1.165, 1.54) is 21.9 Å². The Morgan fingerprint density at radius 2 is 0.839 bits per heavy atom. The summed E-state index contributed by atoms with van der Waals surface area (Å²) in [5.41, 5.74) is 12.2. The molecule has 56 heavy (non-hydrogen) atoms. The molecule has 5 heteroatoms. The minimum atomic E-state index is 0.579. The predicted octanol–water partition coefficient (Wildman–Crippen LogP) is 13.2. The van der Waals surface area contributed by atoms with Crippen molar-refractivity contribution in [2.24, 2.45) is 0 Å². The molecule has 0 fully saturated rings. The van der Waals surface area contributed by atoms with Crippen LogP contribution in [0.25, 0.3) is 106 Å². The van der Waals surface area contributed by atoms with Gasteiger partial charge in [0.25, 0.3) is 0 Å². The number of hydrogen-bond donors (Lipinski definition) is 0. The molecule has 0 radical (unpaired) electrons. The van der Waals surface area contributed by atoms with Crippen LogP contribution in [0.1, 0.15) is 0 Å². The van der Waals surface area contributed by atoms with Gasteiger partial charge >= 0.3 is 0 Å². The summed E-state index contributed by atoms with van der Waals surface area (Å²) < 4.78 is 8.98. The monoisotopic (exact) mass is 716 g/mol. The lowest BCUT2D eigenvalue weighted by molar-refractivity contribution is 0.669. The Balaban J connectivity index is 1.18. The molecule has 0 spiro atoms. The number of hydrogen-bond acceptors (Lipinski definition) is 4. The summed E-state index contributed by atoms with van der Waals surface area (Å²) in [5.74, 6) is 1.81. The number of nitrogens with zero attached hydrogens (tertiary/aromatic N) is 4. The zero-order valence-electron chi connectivity index (χ0n) is 30.2. The van der Waals surface area contributed by atoms with Crippen molar-refractivity contribution >= 4 is 43.7 Å². The SMILES string of the molecule is c1ccc(-c2ccc3c(c2)c2cc(-c4cc(-c5nc(-c6ccccc6)nc(-c6ccccc6)n5)cc5oc6ccccc6c45)ccc2n3-c2ccccc2)cc1. The molecule has 0 saturated carbocycles. The van der Waals surface area contributed by atoms with Crippen molar-refractivity contribution in [3.8, 4) is 62.1 Å². The van der Waals surface area contributed by atoms with E-state index in [1.807, 2.05) is 72.8 Å². The van der Waals surface area contributed by atoms with Gasteiger partial charge in [-0.3, -0.25) is 0 Å². The maximum atomic E-state index is 6.62. The molecule has 0 saturated heterocycles. The molecular weight excluding hydrogens is 685 g/mol. The van der Waals surface area contributed by atoms with Crippen LogP contribution in [0.3, 0.4) is 0 Å². The van der Waals surface area contributed by atoms with Gasteiger partial charge in [0, 0.05) is 43.9 Å². The van der Waals surface area contributed by atoms with Crippen LogP contribution in [-0.4, -0.2) is 19.5 Å². The van der Waals surface area contributed by atoms with Gasteiger partial charge in [0.2, 0.25) is 0 Å². The standard InChI is InChI=1S/C51H32N4O/c1-5-15-33(16-6-1)36-25-27-44-42(29-36)43-30-37(26-28-45(43)55(44)39-21-11-4-12-22-39)41-31-38(32-47-48(41)40-23-13-14-24-46(40)56-47)51-53-49(34-17-7-2-8-18-34)52-50(54-51)35-19-9-3-10-20-35/h1-32H. The summed E-state index contributed by atoms with van der Waals surface area (Å²) >= 11 is 0. The topological polar surface area (TPSA) is 56.7 Å². The predicted molar refractivity (Wildman–Crippen MR) is 229 cm³/mol. The molecule has 0 unspecified atom stereocenters. The van der Waals surface area contributed by atoms with Crippen LogP contribution in [0, 0.1) is 0 Å². The number of benzene rings is 8. The van der Waals surface area contributed by atoms with E-state index in [2.05, 4.69) is 126 Å². The van der Waals surface area contributed by atoms with Crippen LogP contribution in [0.15, 0.2) is 199 Å². The number of aromatic nitrogens is 4. The fourth-order valence-corrected chi connectivity index (χ4v) is 8.01. The molecule has 8 aromatic carbocycles. The average molecular weight is 717 g/mol. The van der Waals surface area contributed by atoms with Crippen molar-refractivity contribution in [1.82, 2.24) is 19.5 Å². The lowest BCUT2D eigenvalue weighted by Crippen LogP contribution is -2.00. The zero-order chi connectivity index (χ0) is 37.0. The molecule has 3 aromatic heterocycles. The van der Waals surface area contributed by atoms with Gasteiger partial charge in [0.1, 0.15) is 11.2 Å². The van der Waals surface area contributed by atoms with Crippen LogP contribution < -0.4 is 0 Å². The summed E-state index contributed by atoms with van der Waals surface area (Å²) in [4.78, 5) is 15.1. The van der Waals surface area contributed by atoms with Crippen LogP contribution in [0.5, 0.6) is 0 Å². The second kappa shape index (κ2) is 13.0. The van der Waals surface area contributed by atoms with Gasteiger partial charge in [-0.15, -0.1) is 0 Å². The van der Waals surface area contributed by atoms with E-state index >= 15 is 0 Å². The maximum Gasteiger partial charge on any atom is 0.164 e. The van der Waals surface area contributed by atoms with E-state index in [0.717, 1.165) is 66.5 Å². The van der Waals surface area contributed by atoms with Crippen molar-refractivity contribution in [1.29, 1.82) is 0 Å². The van der Waals surface area contributed by atoms with Gasteiger partial charge in [0.05, 0.1) is 11.0 Å². The molecule has 0 N–H and O–H groups in total. The number of fused-ring (bicyclic) bond motifs is 6. The number of para-hydroxylation sites is 2. The molecule has 11 rings (SSSR count). The Bertz CT molecular complexity index is 3170. The Kier molecular flexibility index (Phi) is 7.42. The number of furan rings is 1. The third kappa shape index (κ3) is 5.37. The first-order valence-corrected chi connectivity index (χ1v) is 18.8. The highest BCUT2D eigenvalue weighted by Crippen LogP contribution is 2.43. The van der Waals surface area contributed by atoms with E-state index in [-0.39, 0.29) is 0 Å². The maximum absolute atomic E-state index is 6.62. The third-order valence-electron chi connectivity index (χ3n) is 10.6. The van der Waals surface area contributed by atoms with Gasteiger partial charge < -0.3 is 8.98 Å². The third-order valence-corrected chi connectivity index (χ3v) is 10.6.